The minimum atomic E-state index is -3.75. The highest BCUT2D eigenvalue weighted by Gasteiger charge is 2.41. The van der Waals surface area contributed by atoms with E-state index in [0.717, 1.165) is 38.5 Å². The number of unbranched alkanes of at least 4 members (excludes halogenated alkanes) is 3. The van der Waals surface area contributed by atoms with Gasteiger partial charge in [-0.1, -0.05) is 63.5 Å². The molecule has 1 aromatic carbocycles. The number of likely N-dealkylation sites (N-methyl/N-ethyl adjacent to an activating group) is 1. The highest BCUT2D eigenvalue weighted by atomic mass is 32.2. The summed E-state index contributed by atoms with van der Waals surface area (Å²) in [4.78, 5) is 53.1. The first-order valence-corrected chi connectivity index (χ1v) is 17.5. The van der Waals surface area contributed by atoms with E-state index in [-0.39, 0.29) is 30.3 Å². The van der Waals surface area contributed by atoms with Crippen molar-refractivity contribution in [3.8, 4) is 0 Å². The smallest absolute Gasteiger partial charge is 0.333 e. The number of benzene rings is 1. The lowest BCUT2D eigenvalue weighted by Gasteiger charge is -2.36. The van der Waals surface area contributed by atoms with Crippen LogP contribution in [0.2, 0.25) is 0 Å². The van der Waals surface area contributed by atoms with Crippen molar-refractivity contribution in [2.24, 2.45) is 5.92 Å². The standard InChI is InChI=1S/C32H49N5O7S/c1-4-6-7-8-12-20-32(5-2,30(40)41)35-29(39)27-19-14-21-37(27)28(38)22-33-31(42)34-26(24-15-13-16-24)23-36(3)45(43,44)25-17-10-9-11-18-25/h9-12,17-18,20,24,26-27H,4-8,13-16,19,21-23H2,1-3H3,(H,35,39)(H,40,41)(H2,33,34,42)/b20-12-/t26?,27-,32+/m0/s1. The fourth-order valence-corrected chi connectivity index (χ4v) is 6.96. The van der Waals surface area contributed by atoms with Crippen LogP contribution < -0.4 is 16.0 Å². The molecular weight excluding hydrogens is 598 g/mol. The second-order valence-corrected chi connectivity index (χ2v) is 14.0. The fourth-order valence-electron chi connectivity index (χ4n) is 5.74. The van der Waals surface area contributed by atoms with Crippen LogP contribution >= 0.6 is 0 Å². The number of urea groups is 1. The summed E-state index contributed by atoms with van der Waals surface area (Å²) >= 11 is 0. The third-order valence-electron chi connectivity index (χ3n) is 8.88. The number of sulfonamides is 1. The number of nitrogens with one attached hydrogen (secondary N) is 3. The molecule has 0 radical (unpaired) electrons. The van der Waals surface area contributed by atoms with Gasteiger partial charge in [0.2, 0.25) is 21.8 Å². The lowest BCUT2D eigenvalue weighted by Crippen LogP contribution is -2.58. The third kappa shape index (κ3) is 9.52. The number of aliphatic carboxylic acids is 1. The van der Waals surface area contributed by atoms with Crippen LogP contribution in [-0.4, -0.2) is 90.8 Å². The fraction of sp³-hybridized carbons (Fsp3) is 0.625. The van der Waals surface area contributed by atoms with Crippen molar-refractivity contribution in [1.82, 2.24) is 25.2 Å². The van der Waals surface area contributed by atoms with Crippen molar-refractivity contribution in [2.45, 2.75) is 101 Å². The molecule has 1 aliphatic heterocycles. The van der Waals surface area contributed by atoms with Gasteiger partial charge in [-0.05, 0) is 63.0 Å². The molecule has 0 spiro atoms. The van der Waals surface area contributed by atoms with Crippen molar-refractivity contribution < 1.29 is 32.7 Å². The molecule has 4 amide bonds. The Morgan fingerprint density at radius 2 is 1.80 bits per heavy atom. The first kappa shape index (κ1) is 36.0. The molecule has 0 aromatic heterocycles. The zero-order valence-electron chi connectivity index (χ0n) is 26.7. The van der Waals surface area contributed by atoms with Crippen LogP contribution in [-0.2, 0) is 24.4 Å². The molecule has 12 nitrogen and oxygen atoms in total. The molecule has 13 heteroatoms. The summed E-state index contributed by atoms with van der Waals surface area (Å²) in [5.74, 6) is -2.05. The van der Waals surface area contributed by atoms with Crippen LogP contribution in [0, 0.1) is 5.92 Å². The van der Waals surface area contributed by atoms with E-state index in [0.29, 0.717) is 25.8 Å². The van der Waals surface area contributed by atoms with E-state index in [1.54, 1.807) is 31.2 Å². The zero-order valence-corrected chi connectivity index (χ0v) is 27.5. The van der Waals surface area contributed by atoms with Gasteiger partial charge >= 0.3 is 12.0 Å². The van der Waals surface area contributed by atoms with Crippen LogP contribution in [0.3, 0.4) is 0 Å². The Bertz CT molecular complexity index is 1300. The predicted octanol–water partition coefficient (Wildman–Crippen LogP) is 3.25. The molecule has 1 aliphatic carbocycles. The van der Waals surface area contributed by atoms with Gasteiger partial charge in [-0.15, -0.1) is 0 Å². The minimum absolute atomic E-state index is 0.0768. The Balaban J connectivity index is 1.58. The largest absolute Gasteiger partial charge is 0.479 e. The predicted molar refractivity (Wildman–Crippen MR) is 171 cm³/mol. The zero-order chi connectivity index (χ0) is 33.0. The van der Waals surface area contributed by atoms with Crippen LogP contribution in [0.15, 0.2) is 47.4 Å². The molecule has 1 heterocycles. The molecular formula is C32H49N5O7S. The van der Waals surface area contributed by atoms with Crippen LogP contribution in [0.4, 0.5) is 4.79 Å². The number of hydrogen-bond donors (Lipinski definition) is 4. The van der Waals surface area contributed by atoms with Crippen LogP contribution in [0.5, 0.6) is 0 Å². The molecule has 45 heavy (non-hydrogen) atoms. The van der Waals surface area contributed by atoms with Gasteiger partial charge in [-0.3, -0.25) is 9.59 Å². The van der Waals surface area contributed by atoms with E-state index in [4.69, 9.17) is 0 Å². The number of likely N-dealkylation sites (tertiary alicyclic amines) is 1. The van der Waals surface area contributed by atoms with E-state index >= 15 is 0 Å². The Morgan fingerprint density at radius 1 is 1.09 bits per heavy atom. The summed E-state index contributed by atoms with van der Waals surface area (Å²) in [6.07, 6.45) is 10.8. The maximum atomic E-state index is 13.3. The molecule has 3 atom stereocenters. The Morgan fingerprint density at radius 3 is 2.40 bits per heavy atom. The second-order valence-electron chi connectivity index (χ2n) is 12.0. The van der Waals surface area contributed by atoms with Crippen molar-refractivity contribution in [1.29, 1.82) is 0 Å². The summed E-state index contributed by atoms with van der Waals surface area (Å²) < 4.78 is 27.3. The number of amides is 4. The van der Waals surface area contributed by atoms with E-state index in [1.165, 1.54) is 34.5 Å². The van der Waals surface area contributed by atoms with Crippen molar-refractivity contribution >= 4 is 33.8 Å². The van der Waals surface area contributed by atoms with Gasteiger partial charge in [-0.2, -0.15) is 4.31 Å². The normalized spacial score (nSPS) is 19.1. The molecule has 1 aromatic rings. The summed E-state index contributed by atoms with van der Waals surface area (Å²) in [5.41, 5.74) is -1.57. The van der Waals surface area contributed by atoms with Gasteiger partial charge in [0, 0.05) is 26.2 Å². The maximum Gasteiger partial charge on any atom is 0.333 e. The number of nitrogens with zero attached hydrogens (tertiary/aromatic N) is 2. The molecule has 0 bridgehead atoms. The topological polar surface area (TPSA) is 165 Å². The average Bonchev–Trinajstić information content (AvgIpc) is 3.49. The highest BCUT2D eigenvalue weighted by molar-refractivity contribution is 7.89. The van der Waals surface area contributed by atoms with E-state index < -0.39 is 51.5 Å². The Hall–Kier alpha value is -3.45. The molecule has 1 saturated carbocycles. The van der Waals surface area contributed by atoms with E-state index in [9.17, 15) is 32.7 Å². The number of carboxylic acid groups (broad SMARTS) is 1. The summed E-state index contributed by atoms with van der Waals surface area (Å²) in [7, 11) is -2.26. The Labute approximate surface area is 267 Å². The molecule has 4 N–H and O–H groups in total. The monoisotopic (exact) mass is 647 g/mol. The second kappa shape index (κ2) is 16.7. The van der Waals surface area contributed by atoms with Gasteiger partial charge in [-0.25, -0.2) is 18.0 Å². The summed E-state index contributed by atoms with van der Waals surface area (Å²) in [6, 6.07) is 6.20. The summed E-state index contributed by atoms with van der Waals surface area (Å²) in [5, 5.41) is 18.1. The van der Waals surface area contributed by atoms with Gasteiger partial charge in [0.05, 0.1) is 11.4 Å². The number of carbonyl (C=O) groups excluding carboxylic acids is 3. The molecule has 1 unspecified atom stereocenters. The average molecular weight is 648 g/mol. The van der Waals surface area contributed by atoms with Gasteiger partial charge < -0.3 is 26.0 Å². The lowest BCUT2D eigenvalue weighted by molar-refractivity contribution is -0.147. The lowest BCUT2D eigenvalue weighted by atomic mass is 9.79. The van der Waals surface area contributed by atoms with E-state index in [1.807, 2.05) is 0 Å². The van der Waals surface area contributed by atoms with Crippen LogP contribution in [0.25, 0.3) is 0 Å². The molecule has 3 rings (SSSR count). The van der Waals surface area contributed by atoms with Crippen molar-refractivity contribution in [3.05, 3.63) is 42.5 Å². The van der Waals surface area contributed by atoms with Crippen LogP contribution in [0.1, 0.15) is 78.1 Å². The maximum absolute atomic E-state index is 13.3. The SMILES string of the molecule is CCCCC/C=C\[C@@](CC)(NC(=O)[C@@H]1CCCN1C(=O)CNC(=O)NC(CN(C)S(=O)(=O)c1ccccc1)C1CCC1)C(=O)O. The van der Waals surface area contributed by atoms with Crippen molar-refractivity contribution in [3.63, 3.8) is 0 Å². The highest BCUT2D eigenvalue weighted by Crippen LogP contribution is 2.30. The van der Waals surface area contributed by atoms with Gasteiger partial charge in [0.1, 0.15) is 6.04 Å². The molecule has 250 valence electrons. The molecule has 2 aliphatic rings. The summed E-state index contributed by atoms with van der Waals surface area (Å²) in [6.45, 7) is 3.80. The first-order chi connectivity index (χ1) is 21.4. The number of hydrogen-bond acceptors (Lipinski definition) is 6. The number of carbonyl (C=O) groups is 4. The van der Waals surface area contributed by atoms with Gasteiger partial charge in [0.15, 0.2) is 5.54 Å². The minimum Gasteiger partial charge on any atom is -0.479 e. The molecule has 1 saturated heterocycles. The molecule has 2 fully saturated rings. The van der Waals surface area contributed by atoms with Crippen molar-refractivity contribution in [2.75, 3.05) is 26.7 Å². The number of carboxylic acids is 1. The Kier molecular flexibility index (Phi) is 13.4. The van der Waals surface area contributed by atoms with E-state index in [2.05, 4.69) is 22.9 Å². The number of allylic oxidation sites excluding steroid dienone is 1. The third-order valence-corrected chi connectivity index (χ3v) is 10.7. The quantitative estimate of drug-likeness (QED) is 0.149. The number of rotatable bonds is 17. The van der Waals surface area contributed by atoms with Gasteiger partial charge in [0.25, 0.3) is 0 Å². The first-order valence-electron chi connectivity index (χ1n) is 16.0.